The van der Waals surface area contributed by atoms with Gasteiger partial charge in [-0.15, -0.1) is 12.6 Å². The quantitative estimate of drug-likeness (QED) is 0.510. The highest BCUT2D eigenvalue weighted by Crippen LogP contribution is 2.19. The van der Waals surface area contributed by atoms with Crippen molar-refractivity contribution >= 4 is 40.3 Å². The fraction of sp³-hybridized carbons (Fsp3) is 0.273. The van der Waals surface area contributed by atoms with E-state index in [0.29, 0.717) is 16.0 Å². The Morgan fingerprint density at radius 2 is 2.12 bits per heavy atom. The van der Waals surface area contributed by atoms with E-state index in [4.69, 9.17) is 5.11 Å². The van der Waals surface area contributed by atoms with Gasteiger partial charge in [-0.2, -0.15) is 0 Å². The highest BCUT2D eigenvalue weighted by molar-refractivity contribution is 9.10. The molecule has 0 aliphatic heterocycles. The van der Waals surface area contributed by atoms with Crippen molar-refractivity contribution in [3.63, 3.8) is 0 Å². The summed E-state index contributed by atoms with van der Waals surface area (Å²) in [7, 11) is 0. The topological polar surface area (TPSA) is 54.4 Å². The summed E-state index contributed by atoms with van der Waals surface area (Å²) in [5.41, 5.74) is 0.931. The van der Waals surface area contributed by atoms with Crippen LogP contribution in [0.1, 0.15) is 22.8 Å². The third kappa shape index (κ3) is 3.35. The summed E-state index contributed by atoms with van der Waals surface area (Å²) in [6, 6.07) is 4.90. The number of carboxylic acids is 1. The lowest BCUT2D eigenvalue weighted by Gasteiger charge is -2.09. The number of carboxylic acid groups (broad SMARTS) is 1. The molecule has 1 aromatic rings. The summed E-state index contributed by atoms with van der Waals surface area (Å²) in [6.07, 6.45) is -0.171. The first-order valence-corrected chi connectivity index (χ1v) is 6.00. The van der Waals surface area contributed by atoms with Gasteiger partial charge >= 0.3 is 5.97 Å². The number of ketones is 1. The van der Waals surface area contributed by atoms with Gasteiger partial charge in [0.05, 0.1) is 11.2 Å². The molecule has 0 saturated heterocycles. The number of Topliss-reactive ketones (excluding diaryl/α,β-unsaturated/α-hetero) is 1. The summed E-state index contributed by atoms with van der Waals surface area (Å²) in [6.45, 7) is 1.71. The van der Waals surface area contributed by atoms with E-state index in [1.54, 1.807) is 25.1 Å². The molecule has 0 saturated carbocycles. The van der Waals surface area contributed by atoms with Crippen LogP contribution in [0.15, 0.2) is 23.1 Å². The van der Waals surface area contributed by atoms with E-state index in [9.17, 15) is 9.59 Å². The maximum Gasteiger partial charge on any atom is 0.307 e. The smallest absolute Gasteiger partial charge is 0.307 e. The number of halogens is 1. The second-order valence-electron chi connectivity index (χ2n) is 3.39. The van der Waals surface area contributed by atoms with Gasteiger partial charge in [0, 0.05) is 10.5 Å². The molecular weight excluding hydrogens is 292 g/mol. The first-order chi connectivity index (χ1) is 7.41. The summed E-state index contributed by atoms with van der Waals surface area (Å²) >= 11 is 7.31. The van der Waals surface area contributed by atoms with Crippen molar-refractivity contribution in [2.75, 3.05) is 0 Å². The normalized spacial score (nSPS) is 12.2. The largest absolute Gasteiger partial charge is 0.481 e. The molecule has 0 heterocycles. The van der Waals surface area contributed by atoms with Crippen LogP contribution in [0.25, 0.3) is 0 Å². The van der Waals surface area contributed by atoms with Gasteiger partial charge in [0.1, 0.15) is 0 Å². The minimum Gasteiger partial charge on any atom is -0.481 e. The molecule has 1 aromatic carbocycles. The molecular formula is C11H11BrO3S. The van der Waals surface area contributed by atoms with Gasteiger partial charge in [-0.3, -0.25) is 9.59 Å². The third-order valence-corrected chi connectivity index (χ3v) is 2.75. The van der Waals surface area contributed by atoms with Crippen molar-refractivity contribution in [3.05, 3.63) is 29.3 Å². The number of carbonyl (C=O) groups excluding carboxylic acids is 1. The Bertz CT molecular complexity index is 429. The van der Waals surface area contributed by atoms with E-state index >= 15 is 0 Å². The minimum absolute atomic E-state index is 0.121. The van der Waals surface area contributed by atoms with Crippen molar-refractivity contribution in [2.24, 2.45) is 0 Å². The Labute approximate surface area is 107 Å². The van der Waals surface area contributed by atoms with E-state index in [1.165, 1.54) is 0 Å². The van der Waals surface area contributed by atoms with Crippen LogP contribution in [0, 0.1) is 0 Å². The van der Waals surface area contributed by atoms with Crippen LogP contribution in [0.5, 0.6) is 0 Å². The molecule has 1 N–H and O–H groups in total. The zero-order valence-corrected chi connectivity index (χ0v) is 11.1. The van der Waals surface area contributed by atoms with Crippen LogP contribution in [-0.2, 0) is 11.2 Å². The molecule has 1 atom stereocenters. The summed E-state index contributed by atoms with van der Waals surface area (Å²) < 4.78 is 0. The predicted octanol–water partition coefficient (Wildman–Crippen LogP) is 2.57. The van der Waals surface area contributed by atoms with Gasteiger partial charge in [-0.05, 0) is 30.7 Å². The molecule has 1 rings (SSSR count). The molecule has 0 aliphatic rings. The van der Waals surface area contributed by atoms with Crippen LogP contribution < -0.4 is 0 Å². The second kappa shape index (κ2) is 5.50. The number of benzene rings is 1. The maximum absolute atomic E-state index is 11.8. The van der Waals surface area contributed by atoms with E-state index in [0.717, 1.165) is 0 Å². The molecule has 3 nitrogen and oxygen atoms in total. The number of thiol groups is 1. The van der Waals surface area contributed by atoms with E-state index in [2.05, 4.69) is 28.6 Å². The molecule has 0 radical (unpaired) electrons. The highest BCUT2D eigenvalue weighted by atomic mass is 79.9. The van der Waals surface area contributed by atoms with E-state index in [1.807, 2.05) is 0 Å². The Morgan fingerprint density at radius 3 is 2.62 bits per heavy atom. The number of hydrogen-bond acceptors (Lipinski definition) is 3. The molecule has 0 bridgehead atoms. The van der Waals surface area contributed by atoms with Crippen molar-refractivity contribution in [1.82, 2.24) is 0 Å². The van der Waals surface area contributed by atoms with Gasteiger partial charge in [0.2, 0.25) is 0 Å². The zero-order valence-electron chi connectivity index (χ0n) is 8.61. The first kappa shape index (κ1) is 13.3. The van der Waals surface area contributed by atoms with E-state index < -0.39 is 5.97 Å². The Hall–Kier alpha value is -0.810. The zero-order chi connectivity index (χ0) is 12.3. The summed E-state index contributed by atoms with van der Waals surface area (Å²) in [4.78, 5) is 22.8. The third-order valence-electron chi connectivity index (χ3n) is 2.06. The van der Waals surface area contributed by atoms with Crippen molar-refractivity contribution in [3.8, 4) is 0 Å². The Kier molecular flexibility index (Phi) is 4.56. The highest BCUT2D eigenvalue weighted by Gasteiger charge is 2.17. The van der Waals surface area contributed by atoms with Gasteiger partial charge in [-0.25, -0.2) is 0 Å². The van der Waals surface area contributed by atoms with Crippen molar-refractivity contribution in [1.29, 1.82) is 0 Å². The Balaban J connectivity index is 3.17. The SMILES string of the molecule is CC(Br)C(=O)c1ccc(S)cc1CC(=O)O. The average Bonchev–Trinajstić information content (AvgIpc) is 2.15. The van der Waals surface area contributed by atoms with Crippen LogP contribution in [0.2, 0.25) is 0 Å². The molecule has 0 aromatic heterocycles. The fourth-order valence-electron chi connectivity index (χ4n) is 1.34. The molecule has 0 aliphatic carbocycles. The van der Waals surface area contributed by atoms with Crippen LogP contribution in [0.4, 0.5) is 0 Å². The van der Waals surface area contributed by atoms with Gasteiger partial charge in [0.25, 0.3) is 0 Å². The lowest BCUT2D eigenvalue weighted by atomic mass is 10.00. The Morgan fingerprint density at radius 1 is 1.50 bits per heavy atom. The molecule has 0 amide bonds. The fourth-order valence-corrected chi connectivity index (χ4v) is 1.82. The van der Waals surface area contributed by atoms with Crippen molar-refractivity contribution in [2.45, 2.75) is 23.1 Å². The monoisotopic (exact) mass is 302 g/mol. The van der Waals surface area contributed by atoms with Crippen LogP contribution >= 0.6 is 28.6 Å². The predicted molar refractivity (Wildman–Crippen MR) is 67.8 cm³/mol. The number of aliphatic carboxylic acids is 1. The number of hydrogen-bond donors (Lipinski definition) is 2. The lowest BCUT2D eigenvalue weighted by Crippen LogP contribution is -2.14. The number of alkyl halides is 1. The van der Waals surface area contributed by atoms with Gasteiger partial charge in [0.15, 0.2) is 5.78 Å². The molecule has 5 heteroatoms. The maximum atomic E-state index is 11.8. The van der Waals surface area contributed by atoms with Crippen molar-refractivity contribution < 1.29 is 14.7 Å². The van der Waals surface area contributed by atoms with Gasteiger partial charge < -0.3 is 5.11 Å². The molecule has 1 unspecified atom stereocenters. The number of rotatable bonds is 4. The lowest BCUT2D eigenvalue weighted by molar-refractivity contribution is -0.136. The summed E-state index contributed by atoms with van der Waals surface area (Å²) in [5, 5.41) is 8.75. The first-order valence-electron chi connectivity index (χ1n) is 4.63. The molecule has 0 spiro atoms. The molecule has 0 fully saturated rings. The number of carbonyl (C=O) groups is 2. The molecule has 16 heavy (non-hydrogen) atoms. The molecule has 86 valence electrons. The van der Waals surface area contributed by atoms with Crippen LogP contribution in [-0.4, -0.2) is 21.7 Å². The van der Waals surface area contributed by atoms with Gasteiger partial charge in [-0.1, -0.05) is 15.9 Å². The summed E-state index contributed by atoms with van der Waals surface area (Å²) in [5.74, 6) is -1.08. The second-order valence-corrected chi connectivity index (χ2v) is 5.28. The van der Waals surface area contributed by atoms with E-state index in [-0.39, 0.29) is 17.0 Å². The standard InChI is InChI=1S/C11H11BrO3S/c1-6(12)11(15)9-3-2-8(16)4-7(9)5-10(13)14/h2-4,6,16H,5H2,1H3,(H,13,14). The van der Waals surface area contributed by atoms with Crippen LogP contribution in [0.3, 0.4) is 0 Å². The minimum atomic E-state index is -0.963. The average molecular weight is 303 g/mol.